The molecule has 0 heterocycles. The first-order valence-electron chi connectivity index (χ1n) is 4.51. The van der Waals surface area contributed by atoms with Gasteiger partial charge in [-0.1, -0.05) is 12.1 Å². The molecule has 0 atom stereocenters. The lowest BCUT2D eigenvalue weighted by Crippen LogP contribution is -2.35. The smallest absolute Gasteiger partial charge is 0.448 e. The van der Waals surface area contributed by atoms with Crippen molar-refractivity contribution in [2.75, 3.05) is 13.5 Å². The van der Waals surface area contributed by atoms with Gasteiger partial charge in [-0.2, -0.15) is 0 Å². The van der Waals surface area contributed by atoms with Gasteiger partial charge in [0.25, 0.3) is 0 Å². The largest absolute Gasteiger partial charge is 0.492 e. The third kappa shape index (κ3) is 4.83. The van der Waals surface area contributed by atoms with Crippen LogP contribution in [0.1, 0.15) is 5.56 Å². The highest BCUT2D eigenvalue weighted by atomic mass is 19.4. The second-order valence-corrected chi connectivity index (χ2v) is 3.54. The van der Waals surface area contributed by atoms with Crippen molar-refractivity contribution in [3.05, 3.63) is 35.6 Å². The van der Waals surface area contributed by atoms with Gasteiger partial charge in [0, 0.05) is 6.54 Å². The maximum Gasteiger partial charge on any atom is 0.492 e. The molecule has 0 N–H and O–H groups in total. The van der Waals surface area contributed by atoms with Crippen molar-refractivity contribution in [2.24, 2.45) is 0 Å². The second-order valence-electron chi connectivity index (χ2n) is 3.54. The maximum atomic E-state index is 12.7. The zero-order chi connectivity index (χ0) is 11.5. The molecule has 0 spiro atoms. The van der Waals surface area contributed by atoms with Crippen LogP contribution in [-0.4, -0.2) is 25.4 Å². The summed E-state index contributed by atoms with van der Waals surface area (Å²) in [6.45, 7) is -4.72. The molecule has 0 fully saturated rings. The van der Waals surface area contributed by atoms with E-state index in [1.807, 2.05) is 0 Å². The Kier molecular flexibility index (Phi) is 3.74. The molecule has 0 unspecified atom stereocenters. The van der Waals surface area contributed by atoms with Crippen LogP contribution in [0.15, 0.2) is 24.3 Å². The summed E-state index contributed by atoms with van der Waals surface area (Å²) in [5.74, 6) is -0.432. The molecule has 1 rings (SSSR count). The molecular formula is C9H11BF4N-. The number of halogens is 4. The number of nitrogens with zero attached hydrogens (tertiary/aromatic N) is 1. The zero-order valence-electron chi connectivity index (χ0n) is 8.26. The van der Waals surface area contributed by atoms with Crippen molar-refractivity contribution in [3.63, 3.8) is 0 Å². The molecule has 1 aromatic rings. The average molecular weight is 220 g/mol. The molecule has 84 valence electrons. The van der Waals surface area contributed by atoms with Gasteiger partial charge >= 0.3 is 6.98 Å². The summed E-state index contributed by atoms with van der Waals surface area (Å²) < 4.78 is 48.8. The molecule has 0 aromatic heterocycles. The van der Waals surface area contributed by atoms with E-state index in [1.165, 1.54) is 25.2 Å². The first kappa shape index (κ1) is 12.0. The summed E-state index contributed by atoms with van der Waals surface area (Å²) in [5, 5.41) is 0. The van der Waals surface area contributed by atoms with Gasteiger partial charge in [-0.3, -0.25) is 0 Å². The number of rotatable bonds is 4. The number of benzene rings is 1. The topological polar surface area (TPSA) is 3.24 Å². The predicted molar refractivity (Wildman–Crippen MR) is 51.8 cm³/mol. The first-order valence-corrected chi connectivity index (χ1v) is 4.51. The summed E-state index contributed by atoms with van der Waals surface area (Å²) in [5.41, 5.74) is 0.539. The molecule has 0 aliphatic heterocycles. The SMILES string of the molecule is CN(Cc1cccc(F)c1)C[B-](F)(F)F. The van der Waals surface area contributed by atoms with E-state index in [9.17, 15) is 17.3 Å². The normalized spacial score (nSPS) is 12.1. The minimum absolute atomic E-state index is 0.0962. The minimum atomic E-state index is -4.82. The van der Waals surface area contributed by atoms with Gasteiger partial charge in [-0.05, 0) is 31.2 Å². The van der Waals surface area contributed by atoms with E-state index >= 15 is 0 Å². The van der Waals surface area contributed by atoms with Crippen molar-refractivity contribution < 1.29 is 17.3 Å². The summed E-state index contributed by atoms with van der Waals surface area (Å²) in [6.07, 6.45) is -0.934. The molecule has 0 saturated carbocycles. The molecule has 15 heavy (non-hydrogen) atoms. The van der Waals surface area contributed by atoms with Gasteiger partial charge in [0.05, 0.1) is 0 Å². The highest BCUT2D eigenvalue weighted by molar-refractivity contribution is 6.58. The van der Waals surface area contributed by atoms with Crippen LogP contribution >= 0.6 is 0 Å². The Balaban J connectivity index is 2.55. The predicted octanol–water partition coefficient (Wildman–Crippen LogP) is 2.64. The molecule has 0 saturated heterocycles. The second kappa shape index (κ2) is 4.66. The summed E-state index contributed by atoms with van der Waals surface area (Å²) in [6, 6.07) is 5.58. The van der Waals surface area contributed by atoms with Gasteiger partial charge in [0.2, 0.25) is 0 Å². The lowest BCUT2D eigenvalue weighted by atomic mass is 9.91. The Morgan fingerprint density at radius 3 is 2.47 bits per heavy atom. The Bertz CT molecular complexity index is 326. The quantitative estimate of drug-likeness (QED) is 0.556. The van der Waals surface area contributed by atoms with Crippen LogP contribution in [0, 0.1) is 5.82 Å². The zero-order valence-corrected chi connectivity index (χ0v) is 8.26. The third-order valence-electron chi connectivity index (χ3n) is 1.86. The molecule has 6 heteroatoms. The minimum Gasteiger partial charge on any atom is -0.448 e. The highest BCUT2D eigenvalue weighted by Gasteiger charge is 2.24. The number of hydrogen-bond donors (Lipinski definition) is 0. The molecule has 1 nitrogen and oxygen atoms in total. The van der Waals surface area contributed by atoms with E-state index in [0.717, 1.165) is 4.90 Å². The van der Waals surface area contributed by atoms with Crippen LogP contribution in [0.4, 0.5) is 17.3 Å². The summed E-state index contributed by atoms with van der Waals surface area (Å²) in [7, 11) is 1.36. The van der Waals surface area contributed by atoms with Crippen molar-refractivity contribution in [2.45, 2.75) is 6.54 Å². The van der Waals surface area contributed by atoms with Crippen LogP contribution in [-0.2, 0) is 6.54 Å². The molecule has 0 aliphatic carbocycles. The van der Waals surface area contributed by atoms with Gasteiger partial charge in [0.1, 0.15) is 5.82 Å². The van der Waals surface area contributed by atoms with Gasteiger partial charge in [-0.25, -0.2) is 4.39 Å². The summed E-state index contributed by atoms with van der Waals surface area (Å²) in [4.78, 5) is 1.12. The van der Waals surface area contributed by atoms with Crippen LogP contribution in [0.3, 0.4) is 0 Å². The Hall–Kier alpha value is -1.04. The maximum absolute atomic E-state index is 12.7. The summed E-state index contributed by atoms with van der Waals surface area (Å²) >= 11 is 0. The molecule has 0 bridgehead atoms. The van der Waals surface area contributed by atoms with Crippen LogP contribution in [0.5, 0.6) is 0 Å². The highest BCUT2D eigenvalue weighted by Crippen LogP contribution is 2.12. The lowest BCUT2D eigenvalue weighted by Gasteiger charge is -2.23. The fraction of sp³-hybridized carbons (Fsp3) is 0.333. The molecular weight excluding hydrogens is 209 g/mol. The fourth-order valence-corrected chi connectivity index (χ4v) is 1.36. The third-order valence-corrected chi connectivity index (χ3v) is 1.86. The van der Waals surface area contributed by atoms with Crippen LogP contribution < -0.4 is 0 Å². The van der Waals surface area contributed by atoms with Crippen molar-refractivity contribution >= 4 is 6.98 Å². The standard InChI is InChI=1S/C9H11BF4N/c1-15(7-10(12,13)14)6-8-3-2-4-9(11)5-8/h2-5H,6-7H2,1H3/q-1. The van der Waals surface area contributed by atoms with E-state index in [-0.39, 0.29) is 6.54 Å². The van der Waals surface area contributed by atoms with E-state index in [0.29, 0.717) is 5.56 Å². The molecule has 0 radical (unpaired) electrons. The monoisotopic (exact) mass is 220 g/mol. The van der Waals surface area contributed by atoms with Crippen LogP contribution in [0.2, 0.25) is 0 Å². The van der Waals surface area contributed by atoms with Crippen molar-refractivity contribution in [1.82, 2.24) is 4.90 Å². The Morgan fingerprint density at radius 1 is 1.27 bits per heavy atom. The van der Waals surface area contributed by atoms with Crippen LogP contribution in [0.25, 0.3) is 0 Å². The van der Waals surface area contributed by atoms with E-state index in [1.54, 1.807) is 6.07 Å². The van der Waals surface area contributed by atoms with Crippen molar-refractivity contribution in [3.8, 4) is 0 Å². The fourth-order valence-electron chi connectivity index (χ4n) is 1.36. The lowest BCUT2D eigenvalue weighted by molar-refractivity contribution is 0.322. The molecule has 1 aromatic carbocycles. The van der Waals surface area contributed by atoms with Gasteiger partial charge in [-0.15, -0.1) is 0 Å². The Labute approximate surface area is 85.8 Å². The first-order chi connectivity index (χ1) is 6.87. The molecule has 0 amide bonds. The Morgan fingerprint density at radius 2 is 1.93 bits per heavy atom. The number of hydrogen-bond acceptors (Lipinski definition) is 1. The van der Waals surface area contributed by atoms with Crippen molar-refractivity contribution in [1.29, 1.82) is 0 Å². The van der Waals surface area contributed by atoms with E-state index < -0.39 is 19.2 Å². The van der Waals surface area contributed by atoms with E-state index in [4.69, 9.17) is 0 Å². The average Bonchev–Trinajstić information content (AvgIpc) is 1.99. The van der Waals surface area contributed by atoms with E-state index in [2.05, 4.69) is 0 Å². The molecule has 0 aliphatic rings. The van der Waals surface area contributed by atoms with Gasteiger partial charge < -0.3 is 17.8 Å². The van der Waals surface area contributed by atoms with Gasteiger partial charge in [0.15, 0.2) is 0 Å².